The Morgan fingerprint density at radius 1 is 1.53 bits per heavy atom. The number of carboxylic acids is 1. The molecule has 1 fully saturated rings. The van der Waals surface area contributed by atoms with Gasteiger partial charge in [0.15, 0.2) is 0 Å². The molecule has 17 heavy (non-hydrogen) atoms. The van der Waals surface area contributed by atoms with Crippen molar-refractivity contribution < 1.29 is 19.4 Å². The van der Waals surface area contributed by atoms with E-state index in [-0.39, 0.29) is 18.4 Å². The highest BCUT2D eigenvalue weighted by Crippen LogP contribution is 2.34. The van der Waals surface area contributed by atoms with E-state index in [9.17, 15) is 9.59 Å². The van der Waals surface area contributed by atoms with Gasteiger partial charge in [-0.25, -0.2) is 0 Å². The maximum Gasteiger partial charge on any atom is 0.305 e. The minimum absolute atomic E-state index is 0.0269. The summed E-state index contributed by atoms with van der Waals surface area (Å²) in [7, 11) is 1.62. The standard InChI is InChI=1S/C11H19NO4S/c1-16-4-5-17-7-10(13)12-9(6-11(14)15)8-2-3-8/h8-9H,2-7H2,1H3,(H,12,13)(H,14,15). The molecule has 5 nitrogen and oxygen atoms in total. The van der Waals surface area contributed by atoms with E-state index >= 15 is 0 Å². The van der Waals surface area contributed by atoms with Crippen molar-refractivity contribution in [2.45, 2.75) is 25.3 Å². The van der Waals surface area contributed by atoms with Gasteiger partial charge in [-0.15, -0.1) is 11.8 Å². The molecule has 1 unspecified atom stereocenters. The smallest absolute Gasteiger partial charge is 0.305 e. The zero-order chi connectivity index (χ0) is 12.7. The molecule has 0 aromatic heterocycles. The van der Waals surface area contributed by atoms with E-state index in [1.807, 2.05) is 0 Å². The van der Waals surface area contributed by atoms with Crippen LogP contribution in [0.25, 0.3) is 0 Å². The Labute approximate surface area is 105 Å². The lowest BCUT2D eigenvalue weighted by atomic mass is 10.1. The lowest BCUT2D eigenvalue weighted by Crippen LogP contribution is -2.39. The van der Waals surface area contributed by atoms with Gasteiger partial charge in [-0.2, -0.15) is 0 Å². The van der Waals surface area contributed by atoms with Gasteiger partial charge in [-0.3, -0.25) is 9.59 Å². The highest BCUT2D eigenvalue weighted by atomic mass is 32.2. The first-order chi connectivity index (χ1) is 8.13. The Morgan fingerprint density at radius 2 is 2.24 bits per heavy atom. The van der Waals surface area contributed by atoms with Gasteiger partial charge in [0.25, 0.3) is 0 Å². The first-order valence-corrected chi connectivity index (χ1v) is 6.86. The lowest BCUT2D eigenvalue weighted by Gasteiger charge is -2.15. The number of aliphatic carboxylic acids is 1. The SMILES string of the molecule is COCCSCC(=O)NC(CC(=O)O)C1CC1. The summed E-state index contributed by atoms with van der Waals surface area (Å²) in [4.78, 5) is 22.2. The van der Waals surface area contributed by atoms with Crippen LogP contribution in [0.2, 0.25) is 0 Å². The van der Waals surface area contributed by atoms with Crippen molar-refractivity contribution in [1.29, 1.82) is 0 Å². The Kier molecular flexibility index (Phi) is 6.36. The largest absolute Gasteiger partial charge is 0.481 e. The van der Waals surface area contributed by atoms with Crippen molar-refractivity contribution >= 4 is 23.6 Å². The number of amides is 1. The van der Waals surface area contributed by atoms with Gasteiger partial charge < -0.3 is 15.2 Å². The normalized spacial score (nSPS) is 16.5. The molecule has 1 aliphatic carbocycles. The molecule has 0 spiro atoms. The van der Waals surface area contributed by atoms with Gasteiger partial charge in [-0.05, 0) is 18.8 Å². The fraction of sp³-hybridized carbons (Fsp3) is 0.818. The number of rotatable bonds is 9. The molecule has 2 N–H and O–H groups in total. The number of carbonyl (C=O) groups is 2. The third-order valence-corrected chi connectivity index (χ3v) is 3.52. The van der Waals surface area contributed by atoms with Crippen LogP contribution >= 0.6 is 11.8 Å². The molecule has 1 rings (SSSR count). The first-order valence-electron chi connectivity index (χ1n) is 5.71. The zero-order valence-corrected chi connectivity index (χ0v) is 10.8. The number of carbonyl (C=O) groups excluding carboxylic acids is 1. The van der Waals surface area contributed by atoms with Crippen LogP contribution in [0.15, 0.2) is 0 Å². The number of carboxylic acid groups (broad SMARTS) is 1. The third-order valence-electron chi connectivity index (χ3n) is 2.60. The summed E-state index contributed by atoms with van der Waals surface area (Å²) >= 11 is 1.49. The minimum Gasteiger partial charge on any atom is -0.481 e. The van der Waals surface area contributed by atoms with Crippen LogP contribution in [0, 0.1) is 5.92 Å². The van der Waals surface area contributed by atoms with Crippen molar-refractivity contribution in [1.82, 2.24) is 5.32 Å². The molecule has 0 bridgehead atoms. The fourth-order valence-electron chi connectivity index (χ4n) is 1.58. The van der Waals surface area contributed by atoms with Crippen molar-refractivity contribution in [3.63, 3.8) is 0 Å². The summed E-state index contributed by atoms with van der Waals surface area (Å²) < 4.78 is 4.88. The molecular weight excluding hydrogens is 242 g/mol. The highest BCUT2D eigenvalue weighted by Gasteiger charge is 2.33. The van der Waals surface area contributed by atoms with Gasteiger partial charge in [0.1, 0.15) is 0 Å². The molecule has 98 valence electrons. The molecule has 0 heterocycles. The third kappa shape index (κ3) is 6.53. The Morgan fingerprint density at radius 3 is 2.76 bits per heavy atom. The van der Waals surface area contributed by atoms with Crippen LogP contribution in [0.5, 0.6) is 0 Å². The lowest BCUT2D eigenvalue weighted by molar-refractivity contribution is -0.137. The van der Waals surface area contributed by atoms with Crippen molar-refractivity contribution in [2.75, 3.05) is 25.2 Å². The predicted molar refractivity (Wildman–Crippen MR) is 66.1 cm³/mol. The van der Waals surface area contributed by atoms with E-state index in [0.717, 1.165) is 18.6 Å². The minimum atomic E-state index is -0.853. The molecule has 0 aromatic rings. The van der Waals surface area contributed by atoms with Gasteiger partial charge in [0.2, 0.25) is 5.91 Å². The van der Waals surface area contributed by atoms with Gasteiger partial charge in [0, 0.05) is 18.9 Å². The molecule has 1 aliphatic rings. The van der Waals surface area contributed by atoms with Crippen LogP contribution in [0.1, 0.15) is 19.3 Å². The number of methoxy groups -OCH3 is 1. The molecule has 0 radical (unpaired) electrons. The highest BCUT2D eigenvalue weighted by molar-refractivity contribution is 7.99. The number of hydrogen-bond acceptors (Lipinski definition) is 4. The Hall–Kier alpha value is -0.750. The number of thioether (sulfide) groups is 1. The van der Waals surface area contributed by atoms with E-state index in [1.165, 1.54) is 11.8 Å². The second-order valence-corrected chi connectivity index (χ2v) is 5.26. The number of hydrogen-bond donors (Lipinski definition) is 2. The average molecular weight is 261 g/mol. The second kappa shape index (κ2) is 7.55. The quantitative estimate of drug-likeness (QED) is 0.599. The summed E-state index contributed by atoms with van der Waals surface area (Å²) in [6.45, 7) is 0.624. The van der Waals surface area contributed by atoms with Crippen LogP contribution < -0.4 is 5.32 Å². The van der Waals surface area contributed by atoms with Crippen molar-refractivity contribution in [3.8, 4) is 0 Å². The Balaban J connectivity index is 2.19. The molecule has 1 amide bonds. The molecule has 1 atom stereocenters. The topological polar surface area (TPSA) is 75.6 Å². The molecule has 1 saturated carbocycles. The van der Waals surface area contributed by atoms with Crippen LogP contribution in [-0.2, 0) is 14.3 Å². The molecule has 6 heteroatoms. The summed E-state index contributed by atoms with van der Waals surface area (Å²) in [5.74, 6) is 0.570. The van der Waals surface area contributed by atoms with Crippen LogP contribution in [0.3, 0.4) is 0 Å². The maximum absolute atomic E-state index is 11.6. The van der Waals surface area contributed by atoms with E-state index in [4.69, 9.17) is 9.84 Å². The van der Waals surface area contributed by atoms with Gasteiger partial charge in [0.05, 0.1) is 18.8 Å². The van der Waals surface area contributed by atoms with E-state index in [0.29, 0.717) is 18.3 Å². The van der Waals surface area contributed by atoms with Gasteiger partial charge in [-0.1, -0.05) is 0 Å². The molecular formula is C11H19NO4S. The summed E-state index contributed by atoms with van der Waals surface area (Å²) in [5.41, 5.74) is 0. The van der Waals surface area contributed by atoms with Crippen molar-refractivity contribution in [2.24, 2.45) is 5.92 Å². The average Bonchev–Trinajstić information content (AvgIpc) is 3.06. The molecule has 0 aliphatic heterocycles. The first kappa shape index (κ1) is 14.3. The van der Waals surface area contributed by atoms with E-state index in [2.05, 4.69) is 5.32 Å². The molecule has 0 aromatic carbocycles. The fourth-order valence-corrected chi connectivity index (χ4v) is 2.28. The van der Waals surface area contributed by atoms with Crippen LogP contribution in [0.4, 0.5) is 0 Å². The summed E-state index contributed by atoms with van der Waals surface area (Å²) in [5, 5.41) is 11.6. The number of nitrogens with one attached hydrogen (secondary N) is 1. The van der Waals surface area contributed by atoms with E-state index in [1.54, 1.807) is 7.11 Å². The molecule has 0 saturated heterocycles. The number of ether oxygens (including phenoxy) is 1. The maximum atomic E-state index is 11.6. The second-order valence-electron chi connectivity index (χ2n) is 4.15. The van der Waals surface area contributed by atoms with Crippen molar-refractivity contribution in [3.05, 3.63) is 0 Å². The van der Waals surface area contributed by atoms with Gasteiger partial charge >= 0.3 is 5.97 Å². The van der Waals surface area contributed by atoms with E-state index < -0.39 is 5.97 Å². The predicted octanol–water partition coefficient (Wildman–Crippen LogP) is 0.735. The summed E-state index contributed by atoms with van der Waals surface area (Å²) in [6, 6.07) is -0.192. The van der Waals surface area contributed by atoms with Crippen LogP contribution in [-0.4, -0.2) is 48.2 Å². The summed E-state index contributed by atoms with van der Waals surface area (Å²) in [6.07, 6.45) is 2.07. The monoisotopic (exact) mass is 261 g/mol. The Bertz CT molecular complexity index is 268. The zero-order valence-electron chi connectivity index (χ0n) is 9.98.